The highest BCUT2D eigenvalue weighted by atomic mass is 16.5. The third-order valence-corrected chi connectivity index (χ3v) is 9.31. The van der Waals surface area contributed by atoms with Gasteiger partial charge in [-0.2, -0.15) is 15.0 Å². The molecular formula is C48H60N6O6. The van der Waals surface area contributed by atoms with Crippen LogP contribution in [-0.2, 0) is 48.2 Å². The van der Waals surface area contributed by atoms with Crippen LogP contribution < -0.4 is 14.7 Å². The van der Waals surface area contributed by atoms with E-state index >= 15 is 0 Å². The summed E-state index contributed by atoms with van der Waals surface area (Å²) in [6.45, 7) is 20.2. The molecule has 318 valence electrons. The van der Waals surface area contributed by atoms with E-state index in [0.717, 1.165) is 16.7 Å². The van der Waals surface area contributed by atoms with Crippen LogP contribution in [-0.4, -0.2) is 72.3 Å². The molecule has 3 aromatic carbocycles. The maximum atomic E-state index is 12.1. The van der Waals surface area contributed by atoms with Crippen LogP contribution in [0.25, 0.3) is 0 Å². The molecule has 1 heterocycles. The SMILES string of the molecule is C=C(C)C(=O)OCCCCN(Cc1ccccc1)c1nc(N(CCCCOC(=O)C(=C)C)Cc2ccccc2)nc(N(CCCCOC(=O)C(=C)C)Cc2ccccc2)n1. The maximum absolute atomic E-state index is 12.1. The molecule has 0 amide bonds. The summed E-state index contributed by atoms with van der Waals surface area (Å²) in [5.41, 5.74) is 4.37. The Kier molecular flexibility index (Phi) is 19.5. The van der Waals surface area contributed by atoms with Gasteiger partial charge in [-0.1, -0.05) is 111 Å². The summed E-state index contributed by atoms with van der Waals surface area (Å²) in [6, 6.07) is 30.5. The molecule has 0 aliphatic carbocycles. The fourth-order valence-corrected chi connectivity index (χ4v) is 6.01. The third kappa shape index (κ3) is 16.5. The first kappa shape index (κ1) is 46.4. The average Bonchev–Trinajstić information content (AvgIpc) is 3.25. The number of rotatable bonds is 27. The molecule has 0 aliphatic heterocycles. The molecule has 60 heavy (non-hydrogen) atoms. The molecule has 1 aromatic heterocycles. The zero-order valence-electron chi connectivity index (χ0n) is 35.5. The topological polar surface area (TPSA) is 127 Å². The lowest BCUT2D eigenvalue weighted by atomic mass is 10.2. The first-order chi connectivity index (χ1) is 29.0. The molecule has 0 unspecified atom stereocenters. The summed E-state index contributed by atoms with van der Waals surface area (Å²) >= 11 is 0. The molecule has 0 radical (unpaired) electrons. The quantitative estimate of drug-likeness (QED) is 0.0248. The maximum Gasteiger partial charge on any atom is 0.333 e. The van der Waals surface area contributed by atoms with Gasteiger partial charge in [-0.05, 0) is 76.0 Å². The first-order valence-electron chi connectivity index (χ1n) is 20.6. The van der Waals surface area contributed by atoms with Gasteiger partial charge in [0.05, 0.1) is 19.8 Å². The second-order valence-corrected chi connectivity index (χ2v) is 14.8. The number of ether oxygens (including phenoxy) is 3. The molecule has 12 nitrogen and oxygen atoms in total. The van der Waals surface area contributed by atoms with E-state index < -0.39 is 17.9 Å². The second kappa shape index (κ2) is 25.2. The van der Waals surface area contributed by atoms with Gasteiger partial charge in [-0.25, -0.2) is 14.4 Å². The van der Waals surface area contributed by atoms with E-state index in [1.807, 2.05) is 54.6 Å². The highest BCUT2D eigenvalue weighted by Crippen LogP contribution is 2.25. The van der Waals surface area contributed by atoms with E-state index in [4.69, 9.17) is 29.2 Å². The molecule has 0 N–H and O–H groups in total. The largest absolute Gasteiger partial charge is 0.462 e. The Labute approximate surface area is 355 Å². The van der Waals surface area contributed by atoms with E-state index in [2.05, 4.69) is 70.8 Å². The van der Waals surface area contributed by atoms with Gasteiger partial charge in [-0.3, -0.25) is 0 Å². The monoisotopic (exact) mass is 816 g/mol. The highest BCUT2D eigenvalue weighted by molar-refractivity contribution is 5.87. The molecule has 0 saturated heterocycles. The van der Waals surface area contributed by atoms with E-state index in [0.29, 0.717) is 112 Å². The van der Waals surface area contributed by atoms with Crippen LogP contribution in [0, 0.1) is 0 Å². The van der Waals surface area contributed by atoms with Crippen molar-refractivity contribution in [1.82, 2.24) is 15.0 Å². The van der Waals surface area contributed by atoms with E-state index in [1.165, 1.54) is 0 Å². The van der Waals surface area contributed by atoms with E-state index in [1.54, 1.807) is 20.8 Å². The molecule has 4 aromatic rings. The summed E-state index contributed by atoms with van der Waals surface area (Å²) in [6.07, 6.45) is 4.05. The Morgan fingerprint density at radius 3 is 0.917 bits per heavy atom. The van der Waals surface area contributed by atoms with Gasteiger partial charge < -0.3 is 28.9 Å². The second-order valence-electron chi connectivity index (χ2n) is 14.8. The Bertz CT molecular complexity index is 1750. The van der Waals surface area contributed by atoms with E-state index in [9.17, 15) is 14.4 Å². The van der Waals surface area contributed by atoms with Gasteiger partial charge in [0, 0.05) is 56.0 Å². The number of carbonyl (C=O) groups excluding carboxylic acids is 3. The van der Waals surface area contributed by atoms with Gasteiger partial charge >= 0.3 is 17.9 Å². The molecule has 0 aliphatic rings. The molecule has 0 atom stereocenters. The van der Waals surface area contributed by atoms with Gasteiger partial charge in [0.1, 0.15) is 0 Å². The van der Waals surface area contributed by atoms with Crippen molar-refractivity contribution in [1.29, 1.82) is 0 Å². The van der Waals surface area contributed by atoms with Gasteiger partial charge in [0.15, 0.2) is 0 Å². The number of carbonyl (C=O) groups is 3. The summed E-state index contributed by atoms with van der Waals surface area (Å²) in [7, 11) is 0. The van der Waals surface area contributed by atoms with Crippen LogP contribution in [0.4, 0.5) is 17.8 Å². The lowest BCUT2D eigenvalue weighted by molar-refractivity contribution is -0.139. The molecule has 0 saturated carbocycles. The predicted molar refractivity (Wildman–Crippen MR) is 237 cm³/mol. The normalized spacial score (nSPS) is 10.7. The number of anilines is 3. The van der Waals surface area contributed by atoms with Crippen LogP contribution in [0.2, 0.25) is 0 Å². The molecule has 0 bridgehead atoms. The van der Waals surface area contributed by atoms with Crippen molar-refractivity contribution in [3.05, 3.63) is 144 Å². The summed E-state index contributed by atoms with van der Waals surface area (Å²) in [5.74, 6) is 0.340. The van der Waals surface area contributed by atoms with Crippen molar-refractivity contribution < 1.29 is 28.6 Å². The highest BCUT2D eigenvalue weighted by Gasteiger charge is 2.22. The third-order valence-electron chi connectivity index (χ3n) is 9.31. The number of unbranched alkanes of at least 4 members (excludes halogenated alkanes) is 3. The van der Waals surface area contributed by atoms with Gasteiger partial charge in [-0.15, -0.1) is 0 Å². The zero-order valence-corrected chi connectivity index (χ0v) is 35.5. The minimum Gasteiger partial charge on any atom is -0.462 e. The number of hydrogen-bond donors (Lipinski definition) is 0. The van der Waals surface area contributed by atoms with Crippen molar-refractivity contribution in [3.63, 3.8) is 0 Å². The Balaban J connectivity index is 1.75. The van der Waals surface area contributed by atoms with E-state index in [-0.39, 0.29) is 19.8 Å². The molecule has 0 fully saturated rings. The summed E-state index contributed by atoms with van der Waals surface area (Å²) < 4.78 is 16.2. The van der Waals surface area contributed by atoms with Crippen LogP contribution in [0.15, 0.2) is 127 Å². The zero-order chi connectivity index (χ0) is 43.1. The molecule has 12 heteroatoms. The fourth-order valence-electron chi connectivity index (χ4n) is 6.01. The smallest absolute Gasteiger partial charge is 0.333 e. The van der Waals surface area contributed by atoms with Crippen LogP contribution >= 0.6 is 0 Å². The minimum atomic E-state index is -0.400. The standard InChI is InChI=1S/C48H60N6O6/c1-37(2)43(55)58-31-19-16-28-52(34-40-22-10-7-11-23-40)46-49-47(53(35-41-24-12-8-13-25-41)29-17-20-32-59-44(56)38(3)4)51-48(50-46)54(36-42-26-14-9-15-27-42)30-18-21-33-60-45(57)39(5)6/h7-15,22-27H,1,3,5,16-21,28-36H2,2,4,6H3. The van der Waals surface area contributed by atoms with Crippen LogP contribution in [0.1, 0.15) is 76.0 Å². The van der Waals surface area contributed by atoms with Gasteiger partial charge in [0.25, 0.3) is 0 Å². The van der Waals surface area contributed by atoms with Crippen molar-refractivity contribution >= 4 is 35.8 Å². The molecule has 4 rings (SSSR count). The van der Waals surface area contributed by atoms with Crippen LogP contribution in [0.5, 0.6) is 0 Å². The number of hydrogen-bond acceptors (Lipinski definition) is 12. The average molecular weight is 817 g/mol. The Morgan fingerprint density at radius 1 is 0.433 bits per heavy atom. The predicted octanol–water partition coefficient (Wildman–Crippen LogP) is 8.59. The summed E-state index contributed by atoms with van der Waals surface area (Å²) in [4.78, 5) is 58.3. The minimum absolute atomic E-state index is 0.275. The number of aromatic nitrogens is 3. The van der Waals surface area contributed by atoms with Crippen LogP contribution in [0.3, 0.4) is 0 Å². The molecule has 0 spiro atoms. The van der Waals surface area contributed by atoms with Crippen molar-refractivity contribution in [2.75, 3.05) is 54.2 Å². The lowest BCUT2D eigenvalue weighted by Crippen LogP contribution is -2.33. The van der Waals surface area contributed by atoms with Crippen molar-refractivity contribution in [2.45, 2.75) is 78.9 Å². The molecular weight excluding hydrogens is 757 g/mol. The first-order valence-corrected chi connectivity index (χ1v) is 20.6. The van der Waals surface area contributed by atoms with Crippen molar-refractivity contribution in [3.8, 4) is 0 Å². The van der Waals surface area contributed by atoms with Gasteiger partial charge in [0.2, 0.25) is 17.8 Å². The number of esters is 3. The summed E-state index contributed by atoms with van der Waals surface area (Å²) in [5, 5.41) is 0. The number of nitrogens with zero attached hydrogens (tertiary/aromatic N) is 6. The Hall–Kier alpha value is -6.30. The van der Waals surface area contributed by atoms with Crippen molar-refractivity contribution in [2.24, 2.45) is 0 Å². The Morgan fingerprint density at radius 2 is 0.683 bits per heavy atom. The number of benzene rings is 3. The fraction of sp³-hybridized carbons (Fsp3) is 0.375. The lowest BCUT2D eigenvalue weighted by Gasteiger charge is -2.30.